The highest BCUT2D eigenvalue weighted by Crippen LogP contribution is 2.10. The second-order valence-electron chi connectivity index (χ2n) is 4.92. The van der Waals surface area contributed by atoms with Gasteiger partial charge in [0.25, 0.3) is 11.8 Å². The molecular formula is C15H20N2O2. The van der Waals surface area contributed by atoms with Crippen LogP contribution in [0.2, 0.25) is 0 Å². The van der Waals surface area contributed by atoms with Crippen LogP contribution in [-0.4, -0.2) is 18.4 Å². The van der Waals surface area contributed by atoms with Gasteiger partial charge in [-0.25, -0.2) is 0 Å². The molecule has 0 aliphatic heterocycles. The Labute approximate surface area is 113 Å². The zero-order valence-corrected chi connectivity index (χ0v) is 11.6. The molecule has 0 radical (unpaired) electrons. The highest BCUT2D eigenvalue weighted by molar-refractivity contribution is 6.03. The van der Waals surface area contributed by atoms with Gasteiger partial charge in [-0.2, -0.15) is 0 Å². The first-order valence-corrected chi connectivity index (χ1v) is 6.25. The molecule has 1 aromatic rings. The highest BCUT2D eigenvalue weighted by atomic mass is 16.2. The number of rotatable bonds is 5. The van der Waals surface area contributed by atoms with Crippen molar-refractivity contribution < 1.29 is 9.59 Å². The van der Waals surface area contributed by atoms with Crippen LogP contribution in [0.4, 0.5) is 5.69 Å². The number of nitrogens with one attached hydrogen (secondary N) is 2. The van der Waals surface area contributed by atoms with E-state index in [1.807, 2.05) is 13.8 Å². The summed E-state index contributed by atoms with van der Waals surface area (Å²) in [6.07, 6.45) is 0. The molecule has 0 aliphatic carbocycles. The van der Waals surface area contributed by atoms with Crippen LogP contribution in [0.3, 0.4) is 0 Å². The van der Waals surface area contributed by atoms with E-state index in [-0.39, 0.29) is 11.8 Å². The van der Waals surface area contributed by atoms with E-state index in [0.29, 0.717) is 29.3 Å². The maximum Gasteiger partial charge on any atom is 0.251 e. The molecule has 0 fully saturated rings. The zero-order chi connectivity index (χ0) is 14.4. The van der Waals surface area contributed by atoms with Crippen LogP contribution >= 0.6 is 0 Å². The fraction of sp³-hybridized carbons (Fsp3) is 0.333. The van der Waals surface area contributed by atoms with Crippen LogP contribution < -0.4 is 10.6 Å². The molecule has 1 rings (SSSR count). The van der Waals surface area contributed by atoms with E-state index in [1.165, 1.54) is 0 Å². The van der Waals surface area contributed by atoms with Crippen molar-refractivity contribution in [1.82, 2.24) is 5.32 Å². The topological polar surface area (TPSA) is 58.2 Å². The molecule has 19 heavy (non-hydrogen) atoms. The first-order chi connectivity index (χ1) is 8.90. The van der Waals surface area contributed by atoms with E-state index in [1.54, 1.807) is 31.2 Å². The number of carbonyl (C=O) groups excluding carboxylic acids is 2. The first-order valence-electron chi connectivity index (χ1n) is 6.25. The van der Waals surface area contributed by atoms with Crippen LogP contribution in [0.15, 0.2) is 36.4 Å². The largest absolute Gasteiger partial charge is 0.352 e. The van der Waals surface area contributed by atoms with Gasteiger partial charge in [0.2, 0.25) is 0 Å². The van der Waals surface area contributed by atoms with Crippen molar-refractivity contribution in [3.05, 3.63) is 42.0 Å². The van der Waals surface area contributed by atoms with E-state index in [0.717, 1.165) is 0 Å². The number of benzene rings is 1. The summed E-state index contributed by atoms with van der Waals surface area (Å²) in [5, 5.41) is 5.52. The van der Waals surface area contributed by atoms with Crippen LogP contribution in [0, 0.1) is 5.92 Å². The van der Waals surface area contributed by atoms with Crippen LogP contribution in [0.25, 0.3) is 0 Å². The van der Waals surface area contributed by atoms with Gasteiger partial charge in [-0.1, -0.05) is 20.4 Å². The monoisotopic (exact) mass is 260 g/mol. The normalized spacial score (nSPS) is 10.1. The predicted octanol–water partition coefficient (Wildman–Crippen LogP) is 2.59. The predicted molar refractivity (Wildman–Crippen MR) is 77.1 cm³/mol. The van der Waals surface area contributed by atoms with Crippen LogP contribution in [0.5, 0.6) is 0 Å². The van der Waals surface area contributed by atoms with Gasteiger partial charge in [0.05, 0.1) is 0 Å². The Bertz CT molecular complexity index is 475. The van der Waals surface area contributed by atoms with E-state index in [4.69, 9.17) is 0 Å². The molecule has 0 saturated heterocycles. The average Bonchev–Trinajstić information content (AvgIpc) is 2.36. The van der Waals surface area contributed by atoms with E-state index < -0.39 is 0 Å². The lowest BCUT2D eigenvalue weighted by Gasteiger charge is -2.08. The molecule has 0 aromatic heterocycles. The zero-order valence-electron chi connectivity index (χ0n) is 11.6. The number of carbonyl (C=O) groups is 2. The molecule has 2 amide bonds. The van der Waals surface area contributed by atoms with Gasteiger partial charge >= 0.3 is 0 Å². The van der Waals surface area contributed by atoms with Crippen LogP contribution in [-0.2, 0) is 4.79 Å². The molecule has 4 nitrogen and oxygen atoms in total. The molecule has 0 heterocycles. The van der Waals surface area contributed by atoms with Gasteiger partial charge in [0.15, 0.2) is 0 Å². The maximum absolute atomic E-state index is 11.8. The SMILES string of the molecule is C=C(C)C(=O)Nc1ccc(C(=O)NCC(C)C)cc1. The summed E-state index contributed by atoms with van der Waals surface area (Å²) in [7, 11) is 0. The van der Waals surface area contributed by atoms with Crippen LogP contribution in [0.1, 0.15) is 31.1 Å². The van der Waals surface area contributed by atoms with Gasteiger partial charge in [-0.3, -0.25) is 9.59 Å². The lowest BCUT2D eigenvalue weighted by Crippen LogP contribution is -2.27. The summed E-state index contributed by atoms with van der Waals surface area (Å²) >= 11 is 0. The Kier molecular flexibility index (Phi) is 5.30. The number of hydrogen-bond acceptors (Lipinski definition) is 2. The Morgan fingerprint density at radius 1 is 1.21 bits per heavy atom. The molecular weight excluding hydrogens is 240 g/mol. The quantitative estimate of drug-likeness (QED) is 0.799. The van der Waals surface area contributed by atoms with Gasteiger partial charge in [-0.05, 0) is 37.1 Å². The average molecular weight is 260 g/mol. The van der Waals surface area contributed by atoms with E-state index in [9.17, 15) is 9.59 Å². The second-order valence-corrected chi connectivity index (χ2v) is 4.92. The highest BCUT2D eigenvalue weighted by Gasteiger charge is 2.07. The Hall–Kier alpha value is -2.10. The van der Waals surface area contributed by atoms with Crippen molar-refractivity contribution in [2.45, 2.75) is 20.8 Å². The summed E-state index contributed by atoms with van der Waals surface area (Å²) in [5.74, 6) is 0.0848. The van der Waals surface area contributed by atoms with Gasteiger partial charge in [0, 0.05) is 23.4 Å². The molecule has 0 atom stereocenters. The molecule has 1 aromatic carbocycles. The molecule has 0 bridgehead atoms. The number of amides is 2. The molecule has 4 heteroatoms. The summed E-state index contributed by atoms with van der Waals surface area (Å²) in [5.41, 5.74) is 1.67. The summed E-state index contributed by atoms with van der Waals surface area (Å²) in [6, 6.07) is 6.77. The van der Waals surface area contributed by atoms with E-state index >= 15 is 0 Å². The molecule has 102 valence electrons. The minimum atomic E-state index is -0.225. The number of anilines is 1. The molecule has 0 spiro atoms. The molecule has 0 saturated carbocycles. The molecule has 0 unspecified atom stereocenters. The van der Waals surface area contributed by atoms with Gasteiger partial charge in [-0.15, -0.1) is 0 Å². The van der Waals surface area contributed by atoms with Crippen molar-refractivity contribution >= 4 is 17.5 Å². The van der Waals surface area contributed by atoms with Crippen molar-refractivity contribution in [2.75, 3.05) is 11.9 Å². The Balaban J connectivity index is 2.63. The lowest BCUT2D eigenvalue weighted by molar-refractivity contribution is -0.112. The second kappa shape index (κ2) is 6.73. The third-order valence-corrected chi connectivity index (χ3v) is 2.46. The summed E-state index contributed by atoms with van der Waals surface area (Å²) in [4.78, 5) is 23.2. The molecule has 2 N–H and O–H groups in total. The van der Waals surface area contributed by atoms with Gasteiger partial charge < -0.3 is 10.6 Å². The summed E-state index contributed by atoms with van der Waals surface area (Å²) in [6.45, 7) is 9.93. The standard InChI is InChI=1S/C15H20N2O2/c1-10(2)9-16-15(19)12-5-7-13(8-6-12)17-14(18)11(3)4/h5-8,10H,3,9H2,1-2,4H3,(H,16,19)(H,17,18). The third kappa shape index (κ3) is 4.95. The fourth-order valence-corrected chi connectivity index (χ4v) is 1.34. The van der Waals surface area contributed by atoms with Crippen molar-refractivity contribution in [3.8, 4) is 0 Å². The van der Waals surface area contributed by atoms with Gasteiger partial charge in [0.1, 0.15) is 0 Å². The minimum Gasteiger partial charge on any atom is -0.352 e. The van der Waals surface area contributed by atoms with Crippen molar-refractivity contribution in [1.29, 1.82) is 0 Å². The fourth-order valence-electron chi connectivity index (χ4n) is 1.34. The summed E-state index contributed by atoms with van der Waals surface area (Å²) < 4.78 is 0. The van der Waals surface area contributed by atoms with E-state index in [2.05, 4.69) is 17.2 Å². The minimum absolute atomic E-state index is 0.105. The maximum atomic E-state index is 11.8. The first kappa shape index (κ1) is 15.0. The van der Waals surface area contributed by atoms with Crippen molar-refractivity contribution in [2.24, 2.45) is 5.92 Å². The Morgan fingerprint density at radius 3 is 2.26 bits per heavy atom. The lowest BCUT2D eigenvalue weighted by atomic mass is 10.1. The number of hydrogen-bond donors (Lipinski definition) is 2. The Morgan fingerprint density at radius 2 is 1.79 bits per heavy atom. The molecule has 0 aliphatic rings. The third-order valence-electron chi connectivity index (χ3n) is 2.46. The smallest absolute Gasteiger partial charge is 0.251 e. The van der Waals surface area contributed by atoms with Crippen molar-refractivity contribution in [3.63, 3.8) is 0 Å².